The second-order valence-corrected chi connectivity index (χ2v) is 6.41. The number of aromatic nitrogens is 2. The molecule has 0 atom stereocenters. The van der Waals surface area contributed by atoms with Gasteiger partial charge in [0.15, 0.2) is 0 Å². The summed E-state index contributed by atoms with van der Waals surface area (Å²) in [7, 11) is 0. The molecular weight excluding hydrogens is 346 g/mol. The average molecular weight is 358 g/mol. The highest BCUT2D eigenvalue weighted by molar-refractivity contribution is 9.10. The van der Waals surface area contributed by atoms with Gasteiger partial charge in [-0.05, 0) is 23.3 Å². The number of benzene rings is 2. The van der Waals surface area contributed by atoms with Gasteiger partial charge in [0.1, 0.15) is 5.01 Å². The van der Waals surface area contributed by atoms with Gasteiger partial charge in [-0.25, -0.2) is 4.99 Å². The molecule has 3 rings (SSSR count). The Kier molecular flexibility index (Phi) is 4.52. The van der Waals surface area contributed by atoms with Crippen LogP contribution in [0.5, 0.6) is 0 Å². The molecule has 0 saturated heterocycles. The molecule has 104 valence electrons. The Morgan fingerprint density at radius 1 is 1.00 bits per heavy atom. The average Bonchev–Trinajstić information content (AvgIpc) is 2.95. The Balaban J connectivity index is 1.69. The van der Waals surface area contributed by atoms with E-state index in [2.05, 4.69) is 43.3 Å². The van der Waals surface area contributed by atoms with Crippen LogP contribution in [0.2, 0.25) is 0 Å². The second-order valence-electron chi connectivity index (χ2n) is 4.45. The smallest absolute Gasteiger partial charge is 0.226 e. The van der Waals surface area contributed by atoms with Crippen molar-refractivity contribution in [2.24, 2.45) is 4.99 Å². The van der Waals surface area contributed by atoms with Crippen LogP contribution in [0.3, 0.4) is 0 Å². The molecular formula is C16H12BrN3S. The van der Waals surface area contributed by atoms with Gasteiger partial charge in [0, 0.05) is 17.1 Å². The monoisotopic (exact) mass is 357 g/mol. The first-order valence-corrected chi connectivity index (χ1v) is 8.06. The quantitative estimate of drug-likeness (QED) is 0.637. The van der Waals surface area contributed by atoms with E-state index in [1.165, 1.54) is 16.9 Å². The molecule has 0 bridgehead atoms. The lowest BCUT2D eigenvalue weighted by atomic mass is 10.2. The van der Waals surface area contributed by atoms with Gasteiger partial charge in [0.2, 0.25) is 5.13 Å². The Morgan fingerprint density at radius 3 is 2.52 bits per heavy atom. The molecule has 0 unspecified atom stereocenters. The normalized spacial score (nSPS) is 11.1. The van der Waals surface area contributed by atoms with E-state index in [4.69, 9.17) is 0 Å². The lowest BCUT2D eigenvalue weighted by Crippen LogP contribution is -1.85. The highest BCUT2D eigenvalue weighted by Gasteiger charge is 2.03. The molecule has 21 heavy (non-hydrogen) atoms. The lowest BCUT2D eigenvalue weighted by molar-refractivity contribution is 1.00. The molecule has 0 aliphatic carbocycles. The summed E-state index contributed by atoms with van der Waals surface area (Å²) in [5.74, 6) is 0. The van der Waals surface area contributed by atoms with Crippen molar-refractivity contribution < 1.29 is 0 Å². The van der Waals surface area contributed by atoms with E-state index in [1.807, 2.05) is 42.5 Å². The topological polar surface area (TPSA) is 38.1 Å². The predicted molar refractivity (Wildman–Crippen MR) is 90.6 cm³/mol. The van der Waals surface area contributed by atoms with Crippen molar-refractivity contribution in [2.45, 2.75) is 6.42 Å². The van der Waals surface area contributed by atoms with Crippen LogP contribution < -0.4 is 0 Å². The number of halogens is 1. The van der Waals surface area contributed by atoms with Gasteiger partial charge in [-0.3, -0.25) is 0 Å². The van der Waals surface area contributed by atoms with E-state index in [9.17, 15) is 0 Å². The molecule has 0 spiro atoms. The van der Waals surface area contributed by atoms with Crippen molar-refractivity contribution in [3.63, 3.8) is 0 Å². The highest BCUT2D eigenvalue weighted by atomic mass is 79.9. The fraction of sp³-hybridized carbons (Fsp3) is 0.0625. The molecule has 0 aliphatic rings. The standard InChI is InChI=1S/C16H12BrN3S/c17-14-8-6-13(7-9-14)11-18-16-20-19-15(21-16)10-12-4-2-1-3-5-12/h1-9,11H,10H2. The SMILES string of the molecule is Brc1ccc(C=Nc2nnc(Cc3ccccc3)s2)cc1. The first kappa shape index (κ1) is 14.1. The van der Waals surface area contributed by atoms with Gasteiger partial charge in [-0.2, -0.15) is 0 Å². The lowest BCUT2D eigenvalue weighted by Gasteiger charge is -1.94. The summed E-state index contributed by atoms with van der Waals surface area (Å²) in [6.07, 6.45) is 2.60. The van der Waals surface area contributed by atoms with Gasteiger partial charge in [0.25, 0.3) is 0 Å². The fourth-order valence-electron chi connectivity index (χ4n) is 1.82. The Morgan fingerprint density at radius 2 is 1.76 bits per heavy atom. The molecule has 0 fully saturated rings. The molecule has 3 nitrogen and oxygen atoms in total. The molecule has 1 heterocycles. The second kappa shape index (κ2) is 6.74. The van der Waals surface area contributed by atoms with Crippen LogP contribution in [0, 0.1) is 0 Å². The largest absolute Gasteiger partial charge is 0.231 e. The summed E-state index contributed by atoms with van der Waals surface area (Å²) in [4.78, 5) is 4.37. The third-order valence-electron chi connectivity index (χ3n) is 2.85. The third-order valence-corrected chi connectivity index (χ3v) is 4.21. The van der Waals surface area contributed by atoms with E-state index in [1.54, 1.807) is 6.21 Å². The molecule has 0 amide bonds. The summed E-state index contributed by atoms with van der Waals surface area (Å²) in [5, 5.41) is 9.95. The summed E-state index contributed by atoms with van der Waals surface area (Å²) in [5.41, 5.74) is 2.27. The molecule has 0 N–H and O–H groups in total. The minimum absolute atomic E-state index is 0.684. The van der Waals surface area contributed by atoms with Crippen molar-refractivity contribution in [1.82, 2.24) is 10.2 Å². The van der Waals surface area contributed by atoms with Crippen molar-refractivity contribution in [3.05, 3.63) is 75.2 Å². The predicted octanol–water partition coefficient (Wildman–Crippen LogP) is 4.64. The molecule has 1 aromatic heterocycles. The van der Waals surface area contributed by atoms with Crippen LogP contribution in [0.4, 0.5) is 5.13 Å². The Hall–Kier alpha value is -1.85. The third kappa shape index (κ3) is 4.06. The summed E-state index contributed by atoms with van der Waals surface area (Å²) < 4.78 is 1.06. The van der Waals surface area contributed by atoms with Gasteiger partial charge in [-0.15, -0.1) is 10.2 Å². The van der Waals surface area contributed by atoms with E-state index < -0.39 is 0 Å². The summed E-state index contributed by atoms with van der Waals surface area (Å²) in [6.45, 7) is 0. The molecule has 3 aromatic rings. The number of aliphatic imine (C=N–C) groups is 1. The van der Waals surface area contributed by atoms with Crippen LogP contribution in [-0.4, -0.2) is 16.4 Å². The van der Waals surface area contributed by atoms with Crippen molar-refractivity contribution >= 4 is 38.6 Å². The zero-order valence-electron chi connectivity index (χ0n) is 11.1. The molecule has 0 aliphatic heterocycles. The highest BCUT2D eigenvalue weighted by Crippen LogP contribution is 2.21. The van der Waals surface area contributed by atoms with E-state index in [-0.39, 0.29) is 0 Å². The van der Waals surface area contributed by atoms with E-state index in [0.29, 0.717) is 5.13 Å². The Labute approximate surface area is 135 Å². The number of hydrogen-bond acceptors (Lipinski definition) is 4. The summed E-state index contributed by atoms with van der Waals surface area (Å²) >= 11 is 4.93. The van der Waals surface area contributed by atoms with E-state index in [0.717, 1.165) is 21.5 Å². The van der Waals surface area contributed by atoms with Gasteiger partial charge < -0.3 is 0 Å². The molecule has 5 heteroatoms. The van der Waals surface area contributed by atoms with Gasteiger partial charge >= 0.3 is 0 Å². The Bertz CT molecular complexity index is 736. The van der Waals surface area contributed by atoms with Crippen LogP contribution in [0.25, 0.3) is 0 Å². The summed E-state index contributed by atoms with van der Waals surface area (Å²) in [6, 6.07) is 18.2. The van der Waals surface area contributed by atoms with Crippen LogP contribution in [-0.2, 0) is 6.42 Å². The number of hydrogen-bond donors (Lipinski definition) is 0. The molecule has 2 aromatic carbocycles. The van der Waals surface area contributed by atoms with Crippen molar-refractivity contribution in [1.29, 1.82) is 0 Å². The van der Waals surface area contributed by atoms with Gasteiger partial charge in [-0.1, -0.05) is 69.7 Å². The van der Waals surface area contributed by atoms with E-state index >= 15 is 0 Å². The minimum Gasteiger partial charge on any atom is -0.226 e. The maximum Gasteiger partial charge on any atom is 0.231 e. The molecule has 0 radical (unpaired) electrons. The zero-order valence-corrected chi connectivity index (χ0v) is 13.5. The van der Waals surface area contributed by atoms with Crippen LogP contribution in [0.15, 0.2) is 64.1 Å². The minimum atomic E-state index is 0.684. The first-order valence-electron chi connectivity index (χ1n) is 6.45. The maximum atomic E-state index is 4.37. The zero-order chi connectivity index (χ0) is 14.5. The van der Waals surface area contributed by atoms with Crippen LogP contribution in [0.1, 0.15) is 16.1 Å². The molecule has 0 saturated carbocycles. The first-order chi connectivity index (χ1) is 10.3. The fourth-order valence-corrected chi connectivity index (χ4v) is 2.80. The maximum absolute atomic E-state index is 4.37. The number of nitrogens with zero attached hydrogens (tertiary/aromatic N) is 3. The van der Waals surface area contributed by atoms with Crippen LogP contribution >= 0.6 is 27.3 Å². The van der Waals surface area contributed by atoms with Gasteiger partial charge in [0.05, 0.1) is 0 Å². The number of rotatable bonds is 4. The van der Waals surface area contributed by atoms with Crippen molar-refractivity contribution in [2.75, 3.05) is 0 Å². The van der Waals surface area contributed by atoms with Crippen molar-refractivity contribution in [3.8, 4) is 0 Å².